The number of hydrogen-bond acceptors (Lipinski definition) is 5. The summed E-state index contributed by atoms with van der Waals surface area (Å²) in [4.78, 5) is 17.3. The predicted octanol–water partition coefficient (Wildman–Crippen LogP) is 3.67. The van der Waals surface area contributed by atoms with Crippen molar-refractivity contribution in [3.05, 3.63) is 50.9 Å². The predicted molar refractivity (Wildman–Crippen MR) is 69.5 cm³/mol. The van der Waals surface area contributed by atoms with E-state index in [-0.39, 0.29) is 11.0 Å². The summed E-state index contributed by atoms with van der Waals surface area (Å²) in [6.07, 6.45) is 0.466. The normalized spacial score (nSPS) is 10.5. The van der Waals surface area contributed by atoms with Gasteiger partial charge in [0.2, 0.25) is 11.7 Å². The van der Waals surface area contributed by atoms with Crippen molar-refractivity contribution in [2.75, 3.05) is 0 Å². The highest BCUT2D eigenvalue weighted by Crippen LogP contribution is 2.30. The highest BCUT2D eigenvalue weighted by molar-refractivity contribution is 6.29. The van der Waals surface area contributed by atoms with E-state index < -0.39 is 28.0 Å². The van der Waals surface area contributed by atoms with Crippen molar-refractivity contribution in [2.24, 2.45) is 0 Å². The molecule has 6 nitrogen and oxygen atoms in total. The Bertz CT molecular complexity index is 712. The van der Waals surface area contributed by atoms with Crippen molar-refractivity contribution in [2.45, 2.75) is 13.3 Å². The molecule has 2 aromatic rings. The molecule has 0 fully saturated rings. The summed E-state index contributed by atoms with van der Waals surface area (Å²) in [5.74, 6) is -2.56. The van der Waals surface area contributed by atoms with Gasteiger partial charge in [-0.25, -0.2) is 9.37 Å². The number of ether oxygens (including phenoxy) is 1. The van der Waals surface area contributed by atoms with Gasteiger partial charge >= 0.3 is 5.69 Å². The molecule has 1 heterocycles. The first-order chi connectivity index (χ1) is 9.90. The molecule has 0 amide bonds. The minimum atomic E-state index is -1.22. The molecule has 0 unspecified atom stereocenters. The highest BCUT2D eigenvalue weighted by Gasteiger charge is 2.20. The van der Waals surface area contributed by atoms with Crippen molar-refractivity contribution in [1.29, 1.82) is 0 Å². The van der Waals surface area contributed by atoms with Crippen molar-refractivity contribution >= 4 is 17.3 Å². The van der Waals surface area contributed by atoms with Crippen LogP contribution in [-0.2, 0) is 6.42 Å². The lowest BCUT2D eigenvalue weighted by Gasteiger charge is -2.07. The SMILES string of the molecule is CCc1nc(Cl)cc(Oc2cc(F)c([N+](=O)[O-])cc2F)n1. The number of rotatable bonds is 4. The second-order valence-corrected chi connectivity index (χ2v) is 4.28. The molecule has 0 aliphatic heterocycles. The fourth-order valence-electron chi connectivity index (χ4n) is 1.50. The van der Waals surface area contributed by atoms with Gasteiger partial charge in [0.25, 0.3) is 0 Å². The Morgan fingerprint density at radius 2 is 2.00 bits per heavy atom. The molecule has 0 atom stereocenters. The molecule has 110 valence electrons. The molecule has 0 spiro atoms. The van der Waals surface area contributed by atoms with Gasteiger partial charge in [-0.05, 0) is 0 Å². The zero-order valence-corrected chi connectivity index (χ0v) is 11.4. The van der Waals surface area contributed by atoms with Crippen LogP contribution in [0.1, 0.15) is 12.7 Å². The quantitative estimate of drug-likeness (QED) is 0.488. The molecule has 21 heavy (non-hydrogen) atoms. The van der Waals surface area contributed by atoms with Crippen LogP contribution in [0.3, 0.4) is 0 Å². The summed E-state index contributed by atoms with van der Waals surface area (Å²) in [5, 5.41) is 10.6. The molecule has 0 saturated heterocycles. The van der Waals surface area contributed by atoms with Crippen molar-refractivity contribution < 1.29 is 18.4 Å². The van der Waals surface area contributed by atoms with E-state index >= 15 is 0 Å². The van der Waals surface area contributed by atoms with Crippen molar-refractivity contribution in [3.8, 4) is 11.6 Å². The number of aryl methyl sites for hydroxylation is 1. The number of nitro groups is 1. The zero-order valence-electron chi connectivity index (χ0n) is 10.6. The topological polar surface area (TPSA) is 78.2 Å². The van der Waals surface area contributed by atoms with Gasteiger partial charge in [0.1, 0.15) is 11.0 Å². The number of halogens is 3. The van der Waals surface area contributed by atoms with Gasteiger partial charge in [0.15, 0.2) is 11.6 Å². The van der Waals surface area contributed by atoms with Crippen LogP contribution < -0.4 is 4.74 Å². The van der Waals surface area contributed by atoms with Crippen molar-refractivity contribution in [1.82, 2.24) is 9.97 Å². The Hall–Kier alpha value is -2.35. The van der Waals surface area contributed by atoms with Gasteiger partial charge < -0.3 is 4.74 Å². The van der Waals surface area contributed by atoms with Gasteiger partial charge in [0.05, 0.1) is 11.0 Å². The summed E-state index contributed by atoms with van der Waals surface area (Å²) in [6, 6.07) is 2.24. The number of nitrogens with zero attached hydrogens (tertiary/aromatic N) is 3. The lowest BCUT2D eigenvalue weighted by Crippen LogP contribution is -1.99. The van der Waals surface area contributed by atoms with Crippen LogP contribution in [0, 0.1) is 21.7 Å². The van der Waals surface area contributed by atoms with E-state index in [0.717, 1.165) is 0 Å². The standard InChI is InChI=1S/C12H8ClF2N3O3/c1-2-11-16-10(13)5-12(17-11)21-9-4-6(14)8(18(19)20)3-7(9)15/h3-5H,2H2,1H3. The maximum absolute atomic E-state index is 13.7. The molecular weight excluding hydrogens is 308 g/mol. The Morgan fingerprint density at radius 1 is 1.29 bits per heavy atom. The third-order valence-electron chi connectivity index (χ3n) is 2.45. The second-order valence-electron chi connectivity index (χ2n) is 3.89. The number of hydrogen-bond donors (Lipinski definition) is 0. The zero-order chi connectivity index (χ0) is 15.6. The van der Waals surface area contributed by atoms with E-state index in [0.29, 0.717) is 24.4 Å². The van der Waals surface area contributed by atoms with E-state index in [1.165, 1.54) is 6.07 Å². The average Bonchev–Trinajstić information content (AvgIpc) is 2.41. The van der Waals surface area contributed by atoms with E-state index in [9.17, 15) is 18.9 Å². The first kappa shape index (κ1) is 15.0. The third-order valence-corrected chi connectivity index (χ3v) is 2.64. The smallest absolute Gasteiger partial charge is 0.307 e. The summed E-state index contributed by atoms with van der Waals surface area (Å²) in [7, 11) is 0. The molecule has 1 aromatic heterocycles. The Balaban J connectivity index is 2.38. The summed E-state index contributed by atoms with van der Waals surface area (Å²) < 4.78 is 32.2. The monoisotopic (exact) mass is 315 g/mol. The van der Waals surface area contributed by atoms with Crippen LogP contribution in [-0.4, -0.2) is 14.9 Å². The fraction of sp³-hybridized carbons (Fsp3) is 0.167. The van der Waals surface area contributed by atoms with Crippen LogP contribution in [0.2, 0.25) is 5.15 Å². The van der Waals surface area contributed by atoms with Crippen LogP contribution >= 0.6 is 11.6 Å². The number of nitro benzene ring substituents is 1. The Morgan fingerprint density at radius 3 is 2.62 bits per heavy atom. The number of aromatic nitrogens is 2. The second kappa shape index (κ2) is 5.96. The third kappa shape index (κ3) is 3.40. The van der Waals surface area contributed by atoms with Gasteiger partial charge in [-0.3, -0.25) is 10.1 Å². The molecule has 0 aliphatic rings. The van der Waals surface area contributed by atoms with Gasteiger partial charge in [-0.15, -0.1) is 0 Å². The van der Waals surface area contributed by atoms with Crippen LogP contribution in [0.4, 0.5) is 14.5 Å². The molecule has 0 N–H and O–H groups in total. The minimum Gasteiger partial charge on any atom is -0.436 e. The molecule has 0 bridgehead atoms. The average molecular weight is 316 g/mol. The lowest BCUT2D eigenvalue weighted by molar-refractivity contribution is -0.387. The Kier molecular flexibility index (Phi) is 4.27. The maximum atomic E-state index is 13.7. The van der Waals surface area contributed by atoms with Crippen LogP contribution in [0.15, 0.2) is 18.2 Å². The van der Waals surface area contributed by atoms with Gasteiger partial charge in [-0.2, -0.15) is 9.37 Å². The van der Waals surface area contributed by atoms with Gasteiger partial charge in [0, 0.05) is 18.6 Å². The molecule has 0 saturated carbocycles. The lowest BCUT2D eigenvalue weighted by atomic mass is 10.3. The highest BCUT2D eigenvalue weighted by atomic mass is 35.5. The van der Waals surface area contributed by atoms with E-state index in [1.807, 2.05) is 0 Å². The first-order valence-electron chi connectivity index (χ1n) is 5.75. The molecule has 9 heteroatoms. The maximum Gasteiger partial charge on any atom is 0.307 e. The molecule has 0 aliphatic carbocycles. The molecule has 1 aromatic carbocycles. The van der Waals surface area contributed by atoms with Crippen LogP contribution in [0.5, 0.6) is 11.6 Å². The molecule has 0 radical (unpaired) electrons. The summed E-state index contributed by atoms with van der Waals surface area (Å²) in [6.45, 7) is 1.78. The minimum absolute atomic E-state index is 0.0830. The Labute approximate surface area is 122 Å². The summed E-state index contributed by atoms with van der Waals surface area (Å²) in [5.41, 5.74) is -0.977. The van der Waals surface area contributed by atoms with Crippen molar-refractivity contribution in [3.63, 3.8) is 0 Å². The van der Waals surface area contributed by atoms with Gasteiger partial charge in [-0.1, -0.05) is 18.5 Å². The first-order valence-corrected chi connectivity index (χ1v) is 6.13. The fourth-order valence-corrected chi connectivity index (χ4v) is 1.69. The molecular formula is C12H8ClF2N3O3. The summed E-state index contributed by atoms with van der Waals surface area (Å²) >= 11 is 5.74. The number of benzene rings is 1. The van der Waals surface area contributed by atoms with E-state index in [4.69, 9.17) is 16.3 Å². The largest absolute Gasteiger partial charge is 0.436 e. The molecule has 2 rings (SSSR count). The van der Waals surface area contributed by atoms with Crippen LogP contribution in [0.25, 0.3) is 0 Å². The van der Waals surface area contributed by atoms with E-state index in [2.05, 4.69) is 9.97 Å². The van der Waals surface area contributed by atoms with E-state index in [1.54, 1.807) is 6.92 Å².